The maximum absolute atomic E-state index is 5.65. The van der Waals surface area contributed by atoms with E-state index in [1.54, 1.807) is 0 Å². The van der Waals surface area contributed by atoms with Crippen molar-refractivity contribution < 1.29 is 13.9 Å². The highest BCUT2D eigenvalue weighted by molar-refractivity contribution is 14.0. The highest BCUT2D eigenvalue weighted by atomic mass is 127. The van der Waals surface area contributed by atoms with Crippen molar-refractivity contribution in [1.82, 2.24) is 20.1 Å². The van der Waals surface area contributed by atoms with Crippen LogP contribution < -0.4 is 14.8 Å². The summed E-state index contributed by atoms with van der Waals surface area (Å²) < 4.78 is 16.5. The van der Waals surface area contributed by atoms with Crippen molar-refractivity contribution in [3.05, 3.63) is 41.1 Å². The van der Waals surface area contributed by atoms with Gasteiger partial charge in [0.2, 0.25) is 12.7 Å². The second-order valence-corrected chi connectivity index (χ2v) is 7.37. The molecule has 1 aromatic heterocycles. The number of hydrogen-bond acceptors (Lipinski definition) is 6. The summed E-state index contributed by atoms with van der Waals surface area (Å²) in [4.78, 5) is 13.9. The number of aryl methyl sites for hydroxylation is 2. The first-order chi connectivity index (χ1) is 14.1. The predicted octanol–water partition coefficient (Wildman–Crippen LogP) is 2.92. The molecule has 1 N–H and O–H groups in total. The van der Waals surface area contributed by atoms with Gasteiger partial charge in [-0.2, -0.15) is 0 Å². The Kier molecular flexibility index (Phi) is 7.81. The molecule has 3 heterocycles. The van der Waals surface area contributed by atoms with Crippen molar-refractivity contribution in [3.63, 3.8) is 0 Å². The molecule has 0 aliphatic carbocycles. The number of piperazine rings is 1. The van der Waals surface area contributed by atoms with E-state index in [0.29, 0.717) is 19.2 Å². The molecule has 2 aromatic rings. The number of halogens is 1. The summed E-state index contributed by atoms with van der Waals surface area (Å²) in [5.74, 6) is 4.12. The van der Waals surface area contributed by atoms with E-state index < -0.39 is 0 Å². The molecule has 1 fully saturated rings. The van der Waals surface area contributed by atoms with Crippen molar-refractivity contribution in [2.75, 3.05) is 39.5 Å². The van der Waals surface area contributed by atoms with Gasteiger partial charge in [0.1, 0.15) is 12.3 Å². The van der Waals surface area contributed by atoms with E-state index in [9.17, 15) is 0 Å². The van der Waals surface area contributed by atoms with Crippen LogP contribution in [0.3, 0.4) is 0 Å². The minimum atomic E-state index is 0. The molecule has 2 aliphatic rings. The van der Waals surface area contributed by atoms with Gasteiger partial charge in [-0.15, -0.1) is 24.0 Å². The summed E-state index contributed by atoms with van der Waals surface area (Å²) in [5.41, 5.74) is 2.18. The van der Waals surface area contributed by atoms with Crippen LogP contribution in [0.4, 0.5) is 0 Å². The average molecular weight is 527 g/mol. The van der Waals surface area contributed by atoms with Crippen molar-refractivity contribution in [1.29, 1.82) is 0 Å². The van der Waals surface area contributed by atoms with Crippen molar-refractivity contribution in [2.24, 2.45) is 4.99 Å². The van der Waals surface area contributed by atoms with Gasteiger partial charge in [-0.25, -0.2) is 9.98 Å². The van der Waals surface area contributed by atoms with Crippen LogP contribution in [0.5, 0.6) is 11.5 Å². The molecule has 1 aromatic carbocycles. The fourth-order valence-electron chi connectivity index (χ4n) is 3.59. The Hall–Kier alpha value is -2.01. The number of benzene rings is 1. The first-order valence-electron chi connectivity index (χ1n) is 10.2. The van der Waals surface area contributed by atoms with Crippen LogP contribution in [0.15, 0.2) is 27.6 Å². The maximum Gasteiger partial charge on any atom is 0.231 e. The Balaban J connectivity index is 0.00000256. The SMILES string of the molecule is CCNC(=NCc1nc(C)c(C)o1)N1CCN(Cc2ccc3c(c2)OCO3)CC1.I. The summed E-state index contributed by atoms with van der Waals surface area (Å²) in [6.07, 6.45) is 0. The molecular weight excluding hydrogens is 497 g/mol. The number of fused-ring (bicyclic) bond motifs is 1. The number of guanidine groups is 1. The third-order valence-electron chi connectivity index (χ3n) is 5.29. The number of oxazole rings is 1. The van der Waals surface area contributed by atoms with E-state index in [2.05, 4.69) is 39.2 Å². The lowest BCUT2D eigenvalue weighted by Gasteiger charge is -2.36. The molecule has 0 atom stereocenters. The van der Waals surface area contributed by atoms with E-state index in [4.69, 9.17) is 18.9 Å². The third-order valence-corrected chi connectivity index (χ3v) is 5.29. The highest BCUT2D eigenvalue weighted by Crippen LogP contribution is 2.32. The topological polar surface area (TPSA) is 75.4 Å². The summed E-state index contributed by atoms with van der Waals surface area (Å²) in [6.45, 7) is 12.3. The van der Waals surface area contributed by atoms with Crippen LogP contribution in [0.2, 0.25) is 0 Å². The van der Waals surface area contributed by atoms with Gasteiger partial charge >= 0.3 is 0 Å². The molecule has 0 saturated carbocycles. The number of ether oxygens (including phenoxy) is 2. The van der Waals surface area contributed by atoms with Gasteiger partial charge in [-0.05, 0) is 38.5 Å². The number of nitrogens with zero attached hydrogens (tertiary/aromatic N) is 4. The smallest absolute Gasteiger partial charge is 0.231 e. The molecule has 8 nitrogen and oxygen atoms in total. The summed E-state index contributed by atoms with van der Waals surface area (Å²) in [5, 5.41) is 3.39. The molecule has 164 valence electrons. The second-order valence-electron chi connectivity index (χ2n) is 7.37. The lowest BCUT2D eigenvalue weighted by Crippen LogP contribution is -2.52. The van der Waals surface area contributed by atoms with Gasteiger partial charge in [0.25, 0.3) is 0 Å². The highest BCUT2D eigenvalue weighted by Gasteiger charge is 2.21. The van der Waals surface area contributed by atoms with Crippen LogP contribution >= 0.6 is 24.0 Å². The second kappa shape index (κ2) is 10.3. The third kappa shape index (κ3) is 5.37. The molecule has 4 rings (SSSR count). The van der Waals surface area contributed by atoms with E-state index in [1.807, 2.05) is 19.9 Å². The monoisotopic (exact) mass is 527 g/mol. The standard InChI is InChI=1S/C21H29N5O3.HI/c1-4-22-21(23-12-20-24-15(2)16(3)29-20)26-9-7-25(8-10-26)13-17-5-6-18-19(11-17)28-14-27-18;/h5-6,11H,4,7-10,12-14H2,1-3H3,(H,22,23);1H. The predicted molar refractivity (Wildman–Crippen MR) is 126 cm³/mol. The summed E-state index contributed by atoms with van der Waals surface area (Å²) in [7, 11) is 0. The van der Waals surface area contributed by atoms with Gasteiger partial charge in [0, 0.05) is 39.3 Å². The Labute approximate surface area is 194 Å². The minimum Gasteiger partial charge on any atom is -0.454 e. The van der Waals surface area contributed by atoms with Gasteiger partial charge < -0.3 is 24.1 Å². The fraction of sp³-hybridized carbons (Fsp3) is 0.524. The van der Waals surface area contributed by atoms with Crippen LogP contribution in [0.25, 0.3) is 0 Å². The molecule has 2 aliphatic heterocycles. The quantitative estimate of drug-likeness (QED) is 0.364. The number of aliphatic imine (C=N–C) groups is 1. The zero-order valence-corrected chi connectivity index (χ0v) is 20.1. The minimum absolute atomic E-state index is 0. The molecule has 30 heavy (non-hydrogen) atoms. The van der Waals surface area contributed by atoms with Crippen molar-refractivity contribution in [3.8, 4) is 11.5 Å². The molecular formula is C21H30IN5O3. The van der Waals surface area contributed by atoms with E-state index in [-0.39, 0.29) is 24.0 Å². The summed E-state index contributed by atoms with van der Waals surface area (Å²) in [6, 6.07) is 6.20. The zero-order chi connectivity index (χ0) is 20.2. The lowest BCUT2D eigenvalue weighted by atomic mass is 10.1. The molecule has 1 saturated heterocycles. The lowest BCUT2D eigenvalue weighted by molar-refractivity contribution is 0.171. The van der Waals surface area contributed by atoms with E-state index in [0.717, 1.165) is 68.2 Å². The first kappa shape index (κ1) is 22.7. The number of hydrogen-bond donors (Lipinski definition) is 1. The molecule has 0 spiro atoms. The van der Waals surface area contributed by atoms with E-state index >= 15 is 0 Å². The molecule has 0 unspecified atom stereocenters. The van der Waals surface area contributed by atoms with Gasteiger partial charge in [-0.1, -0.05) is 6.07 Å². The maximum atomic E-state index is 5.65. The summed E-state index contributed by atoms with van der Waals surface area (Å²) >= 11 is 0. The molecule has 9 heteroatoms. The Morgan fingerprint density at radius 2 is 1.90 bits per heavy atom. The average Bonchev–Trinajstić information content (AvgIpc) is 3.31. The molecule has 0 radical (unpaired) electrons. The van der Waals surface area contributed by atoms with E-state index in [1.165, 1.54) is 5.56 Å². The fourth-order valence-corrected chi connectivity index (χ4v) is 3.59. The van der Waals surface area contributed by atoms with Crippen LogP contribution in [0, 0.1) is 13.8 Å². The van der Waals surface area contributed by atoms with Gasteiger partial charge in [0.05, 0.1) is 5.69 Å². The normalized spacial score (nSPS) is 16.5. The number of aromatic nitrogens is 1. The Bertz CT molecular complexity index is 858. The van der Waals surface area contributed by atoms with Gasteiger partial charge in [-0.3, -0.25) is 4.90 Å². The largest absolute Gasteiger partial charge is 0.454 e. The van der Waals surface area contributed by atoms with Crippen LogP contribution in [-0.4, -0.2) is 60.3 Å². The zero-order valence-electron chi connectivity index (χ0n) is 17.8. The van der Waals surface area contributed by atoms with Crippen LogP contribution in [-0.2, 0) is 13.1 Å². The van der Waals surface area contributed by atoms with Crippen molar-refractivity contribution >= 4 is 29.9 Å². The van der Waals surface area contributed by atoms with Crippen molar-refractivity contribution in [2.45, 2.75) is 33.9 Å². The molecule has 0 bridgehead atoms. The first-order valence-corrected chi connectivity index (χ1v) is 10.2. The Morgan fingerprint density at radius 1 is 1.13 bits per heavy atom. The number of nitrogens with one attached hydrogen (secondary N) is 1. The Morgan fingerprint density at radius 3 is 2.60 bits per heavy atom. The van der Waals surface area contributed by atoms with Gasteiger partial charge in [0.15, 0.2) is 17.5 Å². The van der Waals surface area contributed by atoms with Crippen LogP contribution in [0.1, 0.15) is 29.8 Å². The number of rotatable bonds is 5. The molecule has 0 amide bonds.